The SMILES string of the molecule is C=CCOCCCC(=O)N1c2ccnn2[C@H](C)C[C@@H]1C. The van der Waals surface area contributed by atoms with Gasteiger partial charge in [-0.05, 0) is 26.7 Å². The molecule has 0 bridgehead atoms. The van der Waals surface area contributed by atoms with E-state index in [1.165, 1.54) is 0 Å². The van der Waals surface area contributed by atoms with Crippen molar-refractivity contribution in [2.45, 2.75) is 45.2 Å². The van der Waals surface area contributed by atoms with Gasteiger partial charge in [0.25, 0.3) is 0 Å². The first-order chi connectivity index (χ1) is 9.65. The number of aromatic nitrogens is 2. The first-order valence-corrected chi connectivity index (χ1v) is 7.19. The van der Waals surface area contributed by atoms with Crippen LogP contribution in [0.4, 0.5) is 5.82 Å². The highest BCUT2D eigenvalue weighted by molar-refractivity contribution is 5.93. The molecule has 0 N–H and O–H groups in total. The molecule has 1 aliphatic heterocycles. The standard InChI is InChI=1S/C15H23N3O2/c1-4-9-20-10-5-6-15(19)17-12(2)11-13(3)18-14(17)7-8-16-18/h4,7-8,12-13H,1,5-6,9-11H2,2-3H3/t12-,13+/m0/s1. The molecule has 1 aliphatic rings. The van der Waals surface area contributed by atoms with Gasteiger partial charge in [0, 0.05) is 25.1 Å². The average Bonchev–Trinajstić information content (AvgIpc) is 2.88. The van der Waals surface area contributed by atoms with Crippen molar-refractivity contribution in [1.29, 1.82) is 0 Å². The van der Waals surface area contributed by atoms with Gasteiger partial charge in [0.15, 0.2) is 0 Å². The fourth-order valence-corrected chi connectivity index (χ4v) is 2.75. The minimum absolute atomic E-state index is 0.147. The smallest absolute Gasteiger partial charge is 0.228 e. The Morgan fingerprint density at radius 1 is 1.55 bits per heavy atom. The Labute approximate surface area is 120 Å². The van der Waals surface area contributed by atoms with Crippen LogP contribution in [0.15, 0.2) is 24.9 Å². The summed E-state index contributed by atoms with van der Waals surface area (Å²) in [5, 5.41) is 4.31. The normalized spacial score (nSPS) is 21.6. The number of hydrogen-bond acceptors (Lipinski definition) is 3. The molecular weight excluding hydrogens is 254 g/mol. The summed E-state index contributed by atoms with van der Waals surface area (Å²) in [7, 11) is 0. The summed E-state index contributed by atoms with van der Waals surface area (Å²) in [6.07, 6.45) is 5.65. The lowest BCUT2D eigenvalue weighted by atomic mass is 10.0. The minimum Gasteiger partial charge on any atom is -0.377 e. The zero-order chi connectivity index (χ0) is 14.5. The van der Waals surface area contributed by atoms with Crippen LogP contribution in [0.1, 0.15) is 39.2 Å². The van der Waals surface area contributed by atoms with Crippen molar-refractivity contribution in [3.8, 4) is 0 Å². The summed E-state index contributed by atoms with van der Waals surface area (Å²) in [6, 6.07) is 2.48. The zero-order valence-electron chi connectivity index (χ0n) is 12.3. The number of amides is 1. The molecule has 5 nitrogen and oxygen atoms in total. The summed E-state index contributed by atoms with van der Waals surface area (Å²) in [5.41, 5.74) is 0. The highest BCUT2D eigenvalue weighted by Crippen LogP contribution is 2.31. The highest BCUT2D eigenvalue weighted by Gasteiger charge is 2.31. The van der Waals surface area contributed by atoms with Gasteiger partial charge in [-0.2, -0.15) is 5.10 Å². The molecule has 0 aliphatic carbocycles. The van der Waals surface area contributed by atoms with Gasteiger partial charge in [0.05, 0.1) is 18.8 Å². The molecule has 0 aromatic carbocycles. The minimum atomic E-state index is 0.147. The fourth-order valence-electron chi connectivity index (χ4n) is 2.75. The van der Waals surface area contributed by atoms with Crippen LogP contribution in [-0.2, 0) is 9.53 Å². The summed E-state index contributed by atoms with van der Waals surface area (Å²) >= 11 is 0. The quantitative estimate of drug-likeness (QED) is 0.593. The number of nitrogens with zero attached hydrogens (tertiary/aromatic N) is 3. The Bertz CT molecular complexity index is 469. The third-order valence-electron chi connectivity index (χ3n) is 3.62. The Hall–Kier alpha value is -1.62. The van der Waals surface area contributed by atoms with E-state index in [0.717, 1.165) is 18.7 Å². The number of carbonyl (C=O) groups is 1. The van der Waals surface area contributed by atoms with E-state index in [1.807, 2.05) is 15.6 Å². The molecule has 0 saturated heterocycles. The van der Waals surface area contributed by atoms with Gasteiger partial charge >= 0.3 is 0 Å². The maximum Gasteiger partial charge on any atom is 0.228 e. The second-order valence-electron chi connectivity index (χ2n) is 5.30. The van der Waals surface area contributed by atoms with Gasteiger partial charge in [0.2, 0.25) is 5.91 Å². The van der Waals surface area contributed by atoms with E-state index in [-0.39, 0.29) is 11.9 Å². The lowest BCUT2D eigenvalue weighted by Crippen LogP contribution is -2.44. The van der Waals surface area contributed by atoms with Crippen molar-refractivity contribution in [3.63, 3.8) is 0 Å². The van der Waals surface area contributed by atoms with E-state index in [9.17, 15) is 4.79 Å². The second-order valence-corrected chi connectivity index (χ2v) is 5.30. The third kappa shape index (κ3) is 3.10. The molecule has 110 valence electrons. The van der Waals surface area contributed by atoms with E-state index >= 15 is 0 Å². The van der Waals surface area contributed by atoms with E-state index < -0.39 is 0 Å². The Kier molecular flexibility index (Phi) is 4.95. The van der Waals surface area contributed by atoms with E-state index in [0.29, 0.717) is 25.7 Å². The predicted octanol–water partition coefficient (Wildman–Crippen LogP) is 2.55. The van der Waals surface area contributed by atoms with Crippen molar-refractivity contribution < 1.29 is 9.53 Å². The number of ether oxygens (including phenoxy) is 1. The third-order valence-corrected chi connectivity index (χ3v) is 3.62. The molecular formula is C15H23N3O2. The molecule has 0 spiro atoms. The van der Waals surface area contributed by atoms with Crippen LogP contribution in [0, 0.1) is 0 Å². The second kappa shape index (κ2) is 6.70. The number of fused-ring (bicyclic) bond motifs is 1. The molecule has 0 radical (unpaired) electrons. The van der Waals surface area contributed by atoms with Crippen molar-refractivity contribution in [2.75, 3.05) is 18.1 Å². The van der Waals surface area contributed by atoms with Crippen LogP contribution < -0.4 is 4.90 Å². The topological polar surface area (TPSA) is 47.4 Å². The number of rotatable bonds is 6. The lowest BCUT2D eigenvalue weighted by Gasteiger charge is -2.37. The molecule has 2 rings (SSSR count). The predicted molar refractivity (Wildman–Crippen MR) is 78.8 cm³/mol. The van der Waals surface area contributed by atoms with Crippen molar-refractivity contribution in [3.05, 3.63) is 24.9 Å². The van der Waals surface area contributed by atoms with Gasteiger partial charge in [0.1, 0.15) is 5.82 Å². The largest absolute Gasteiger partial charge is 0.377 e. The Morgan fingerprint density at radius 2 is 2.35 bits per heavy atom. The van der Waals surface area contributed by atoms with E-state index in [2.05, 4.69) is 25.5 Å². The summed E-state index contributed by atoms with van der Waals surface area (Å²) in [4.78, 5) is 14.3. The summed E-state index contributed by atoms with van der Waals surface area (Å²) < 4.78 is 7.25. The molecule has 0 fully saturated rings. The van der Waals surface area contributed by atoms with Crippen LogP contribution in [-0.4, -0.2) is 34.9 Å². The molecule has 1 amide bonds. The molecule has 0 saturated carbocycles. The van der Waals surface area contributed by atoms with E-state index in [4.69, 9.17) is 4.74 Å². The average molecular weight is 277 g/mol. The highest BCUT2D eigenvalue weighted by atomic mass is 16.5. The zero-order valence-corrected chi connectivity index (χ0v) is 12.3. The van der Waals surface area contributed by atoms with Crippen LogP contribution in [0.2, 0.25) is 0 Å². The first kappa shape index (κ1) is 14.8. The molecule has 1 aromatic heterocycles. The van der Waals surface area contributed by atoms with Crippen molar-refractivity contribution in [1.82, 2.24) is 9.78 Å². The monoisotopic (exact) mass is 277 g/mol. The van der Waals surface area contributed by atoms with Gasteiger partial charge in [-0.15, -0.1) is 6.58 Å². The number of hydrogen-bond donors (Lipinski definition) is 0. The van der Waals surface area contributed by atoms with Crippen LogP contribution >= 0.6 is 0 Å². The summed E-state index contributed by atoms with van der Waals surface area (Å²) in [6.45, 7) is 8.96. The fraction of sp³-hybridized carbons (Fsp3) is 0.600. The van der Waals surface area contributed by atoms with Gasteiger partial charge < -0.3 is 4.74 Å². The van der Waals surface area contributed by atoms with Crippen LogP contribution in [0.25, 0.3) is 0 Å². The van der Waals surface area contributed by atoms with E-state index in [1.54, 1.807) is 12.3 Å². The lowest BCUT2D eigenvalue weighted by molar-refractivity contribution is -0.119. The van der Waals surface area contributed by atoms with Crippen LogP contribution in [0.3, 0.4) is 0 Å². The maximum atomic E-state index is 12.4. The molecule has 1 aromatic rings. The molecule has 20 heavy (non-hydrogen) atoms. The van der Waals surface area contributed by atoms with Crippen LogP contribution in [0.5, 0.6) is 0 Å². The number of carbonyl (C=O) groups excluding carboxylic acids is 1. The molecule has 5 heteroatoms. The van der Waals surface area contributed by atoms with Gasteiger partial charge in [-0.3, -0.25) is 9.69 Å². The van der Waals surface area contributed by atoms with Gasteiger partial charge in [-0.1, -0.05) is 6.08 Å². The van der Waals surface area contributed by atoms with Crippen molar-refractivity contribution in [2.24, 2.45) is 0 Å². The summed E-state index contributed by atoms with van der Waals surface area (Å²) in [5.74, 6) is 1.06. The Balaban J connectivity index is 1.96. The van der Waals surface area contributed by atoms with Crippen molar-refractivity contribution >= 4 is 11.7 Å². The van der Waals surface area contributed by atoms with Gasteiger partial charge in [-0.25, -0.2) is 4.68 Å². The Morgan fingerprint density at radius 3 is 3.10 bits per heavy atom. The molecule has 2 heterocycles. The molecule has 2 atom stereocenters. The number of anilines is 1. The molecule has 0 unspecified atom stereocenters. The maximum absolute atomic E-state index is 12.4. The first-order valence-electron chi connectivity index (χ1n) is 7.19.